The van der Waals surface area contributed by atoms with Crippen molar-refractivity contribution in [2.45, 2.75) is 6.54 Å². The largest absolute Gasteiger partial charge is 0.486 e. The van der Waals surface area contributed by atoms with Crippen LogP contribution in [0.2, 0.25) is 5.02 Å². The van der Waals surface area contributed by atoms with E-state index in [2.05, 4.69) is 15.5 Å². The van der Waals surface area contributed by atoms with Crippen molar-refractivity contribution in [3.63, 3.8) is 0 Å². The molecule has 0 bridgehead atoms. The Morgan fingerprint density at radius 3 is 2.71 bits per heavy atom. The van der Waals surface area contributed by atoms with E-state index in [4.69, 9.17) is 21.1 Å². The predicted octanol–water partition coefficient (Wildman–Crippen LogP) is 2.62. The number of anilines is 1. The Morgan fingerprint density at radius 2 is 1.89 bits per heavy atom. The summed E-state index contributed by atoms with van der Waals surface area (Å²) in [6.45, 7) is 1.37. The number of nitrogens with zero attached hydrogens (tertiary/aromatic N) is 4. The number of rotatable bonds is 3. The molecule has 2 aromatic heterocycles. The molecule has 0 saturated heterocycles. The lowest BCUT2D eigenvalue weighted by Gasteiger charge is -2.20. The van der Waals surface area contributed by atoms with Gasteiger partial charge in [-0.15, -0.1) is 10.2 Å². The third-order valence-electron chi connectivity index (χ3n) is 4.76. The Hall–Kier alpha value is -3.26. The summed E-state index contributed by atoms with van der Waals surface area (Å²) in [5.41, 5.74) is 1.36. The molecule has 0 amide bonds. The van der Waals surface area contributed by atoms with Gasteiger partial charge < -0.3 is 14.8 Å². The maximum Gasteiger partial charge on any atom is 0.262 e. The summed E-state index contributed by atoms with van der Waals surface area (Å²) in [5, 5.41) is 12.9. The van der Waals surface area contributed by atoms with Gasteiger partial charge in [0.1, 0.15) is 13.2 Å². The van der Waals surface area contributed by atoms with E-state index in [-0.39, 0.29) is 5.56 Å². The lowest BCUT2D eigenvalue weighted by molar-refractivity contribution is 0.171. The zero-order valence-corrected chi connectivity index (χ0v) is 15.7. The molecule has 142 valence electrons. The fraction of sp³-hybridized carbons (Fsp3) is 0.211. The highest BCUT2D eigenvalue weighted by Gasteiger charge is 2.17. The van der Waals surface area contributed by atoms with Gasteiger partial charge >= 0.3 is 0 Å². The summed E-state index contributed by atoms with van der Waals surface area (Å²) >= 11 is 6.37. The predicted molar refractivity (Wildman–Crippen MR) is 106 cm³/mol. The Kier molecular flexibility index (Phi) is 3.87. The van der Waals surface area contributed by atoms with E-state index >= 15 is 0 Å². The van der Waals surface area contributed by atoms with Crippen molar-refractivity contribution in [3.8, 4) is 11.5 Å². The van der Waals surface area contributed by atoms with E-state index in [0.29, 0.717) is 59.0 Å². The van der Waals surface area contributed by atoms with Crippen molar-refractivity contribution in [1.82, 2.24) is 19.2 Å². The molecule has 0 unspecified atom stereocenters. The highest BCUT2D eigenvalue weighted by atomic mass is 35.5. The summed E-state index contributed by atoms with van der Waals surface area (Å²) in [4.78, 5) is 12.5. The Labute approximate surface area is 164 Å². The first-order valence-electron chi connectivity index (χ1n) is 8.78. The van der Waals surface area contributed by atoms with Crippen molar-refractivity contribution in [2.75, 3.05) is 18.5 Å². The number of benzene rings is 2. The fourth-order valence-electron chi connectivity index (χ4n) is 3.38. The van der Waals surface area contributed by atoms with Crippen LogP contribution < -0.4 is 20.3 Å². The van der Waals surface area contributed by atoms with Gasteiger partial charge in [-0.3, -0.25) is 13.8 Å². The summed E-state index contributed by atoms with van der Waals surface area (Å²) in [5.74, 6) is 2.43. The molecular weight excluding hydrogens is 382 g/mol. The minimum atomic E-state index is -0.107. The first-order chi connectivity index (χ1) is 13.6. The molecule has 0 aliphatic carbocycles. The number of hydrogen-bond acceptors (Lipinski definition) is 6. The molecule has 0 saturated carbocycles. The zero-order chi connectivity index (χ0) is 19.3. The third-order valence-corrected chi connectivity index (χ3v) is 5.07. The van der Waals surface area contributed by atoms with Crippen molar-refractivity contribution in [3.05, 3.63) is 57.6 Å². The zero-order valence-electron chi connectivity index (χ0n) is 15.0. The standard InChI is InChI=1S/C19H16ClN5O3/c1-24-18(26)11-4-2-3-5-14(11)25-17(22-23-19(24)25)10-21-13-9-16-15(8-12(13)20)27-6-7-28-16/h2-5,8-9,21H,6-7,10H2,1H3. The van der Waals surface area contributed by atoms with Gasteiger partial charge in [0, 0.05) is 19.2 Å². The smallest absolute Gasteiger partial charge is 0.262 e. The minimum Gasteiger partial charge on any atom is -0.486 e. The topological polar surface area (TPSA) is 82.7 Å². The second-order valence-electron chi connectivity index (χ2n) is 6.46. The van der Waals surface area contributed by atoms with E-state index in [1.807, 2.05) is 28.7 Å². The van der Waals surface area contributed by atoms with Crippen molar-refractivity contribution in [2.24, 2.45) is 7.05 Å². The lowest BCUT2D eigenvalue weighted by Crippen LogP contribution is -2.20. The summed E-state index contributed by atoms with van der Waals surface area (Å²) in [6.07, 6.45) is 0. The van der Waals surface area contributed by atoms with Crippen LogP contribution in [0.4, 0.5) is 5.69 Å². The molecule has 1 aliphatic rings. The molecule has 1 aliphatic heterocycles. The number of aromatic nitrogens is 4. The van der Waals surface area contributed by atoms with Gasteiger partial charge in [-0.2, -0.15) is 0 Å². The number of para-hydroxylation sites is 1. The molecule has 0 atom stereocenters. The van der Waals surface area contributed by atoms with Gasteiger partial charge in [0.15, 0.2) is 17.3 Å². The normalized spacial score (nSPS) is 13.2. The van der Waals surface area contributed by atoms with Gasteiger partial charge in [-0.1, -0.05) is 23.7 Å². The molecule has 3 heterocycles. The molecular formula is C19H16ClN5O3. The SMILES string of the molecule is Cn1c(=O)c2ccccc2n2c(CNc3cc4c(cc3Cl)OCCO4)nnc12. The van der Waals surface area contributed by atoms with Crippen LogP contribution in [0.5, 0.6) is 11.5 Å². The molecule has 4 aromatic rings. The fourth-order valence-corrected chi connectivity index (χ4v) is 3.60. The first-order valence-corrected chi connectivity index (χ1v) is 9.16. The number of hydrogen-bond donors (Lipinski definition) is 1. The second kappa shape index (κ2) is 6.42. The van der Waals surface area contributed by atoms with E-state index < -0.39 is 0 Å². The minimum absolute atomic E-state index is 0.107. The molecule has 1 N–H and O–H groups in total. The average molecular weight is 398 g/mol. The maximum atomic E-state index is 12.5. The van der Waals surface area contributed by atoms with Crippen LogP contribution in [0, 0.1) is 0 Å². The van der Waals surface area contributed by atoms with Crippen LogP contribution in [0.15, 0.2) is 41.2 Å². The number of aryl methyl sites for hydroxylation is 1. The van der Waals surface area contributed by atoms with Crippen molar-refractivity contribution >= 4 is 34.0 Å². The van der Waals surface area contributed by atoms with Crippen LogP contribution >= 0.6 is 11.6 Å². The molecule has 28 heavy (non-hydrogen) atoms. The van der Waals surface area contributed by atoms with Gasteiger partial charge in [-0.05, 0) is 12.1 Å². The molecule has 9 heteroatoms. The maximum absolute atomic E-state index is 12.5. The van der Waals surface area contributed by atoms with Gasteiger partial charge in [0.2, 0.25) is 5.78 Å². The summed E-state index contributed by atoms with van der Waals surface area (Å²) in [7, 11) is 1.69. The molecule has 5 rings (SSSR count). The summed E-state index contributed by atoms with van der Waals surface area (Å²) < 4.78 is 14.5. The number of halogens is 1. The van der Waals surface area contributed by atoms with Crippen LogP contribution in [-0.2, 0) is 13.6 Å². The highest BCUT2D eigenvalue weighted by Crippen LogP contribution is 2.38. The number of ether oxygens (including phenoxy) is 2. The van der Waals surface area contributed by atoms with Crippen LogP contribution in [0.1, 0.15) is 5.82 Å². The van der Waals surface area contributed by atoms with Crippen LogP contribution in [0.3, 0.4) is 0 Å². The molecule has 8 nitrogen and oxygen atoms in total. The van der Waals surface area contributed by atoms with E-state index in [9.17, 15) is 4.79 Å². The number of nitrogens with one attached hydrogen (secondary N) is 1. The van der Waals surface area contributed by atoms with Gasteiger partial charge in [0.25, 0.3) is 5.56 Å². The Morgan fingerprint density at radius 1 is 1.14 bits per heavy atom. The van der Waals surface area contributed by atoms with Crippen LogP contribution in [-0.4, -0.2) is 32.4 Å². The Bertz CT molecular complexity index is 1280. The second-order valence-corrected chi connectivity index (χ2v) is 6.87. The average Bonchev–Trinajstić information content (AvgIpc) is 3.15. The molecule has 0 fully saturated rings. The van der Waals surface area contributed by atoms with Crippen molar-refractivity contribution < 1.29 is 9.47 Å². The summed E-state index contributed by atoms with van der Waals surface area (Å²) in [6, 6.07) is 11.0. The van der Waals surface area contributed by atoms with E-state index in [1.165, 1.54) is 4.57 Å². The monoisotopic (exact) mass is 397 g/mol. The van der Waals surface area contributed by atoms with E-state index in [0.717, 1.165) is 5.52 Å². The molecule has 0 radical (unpaired) electrons. The Balaban J connectivity index is 1.56. The van der Waals surface area contributed by atoms with Crippen LogP contribution in [0.25, 0.3) is 16.7 Å². The van der Waals surface area contributed by atoms with Gasteiger partial charge in [0.05, 0.1) is 28.2 Å². The van der Waals surface area contributed by atoms with Crippen molar-refractivity contribution in [1.29, 1.82) is 0 Å². The van der Waals surface area contributed by atoms with Gasteiger partial charge in [-0.25, -0.2) is 0 Å². The number of fused-ring (bicyclic) bond motifs is 4. The van der Waals surface area contributed by atoms with E-state index in [1.54, 1.807) is 19.2 Å². The molecule has 0 spiro atoms. The molecule has 2 aromatic carbocycles. The third kappa shape index (κ3) is 2.56. The quantitative estimate of drug-likeness (QED) is 0.572. The lowest BCUT2D eigenvalue weighted by atomic mass is 10.2. The highest BCUT2D eigenvalue weighted by molar-refractivity contribution is 6.33. The first kappa shape index (κ1) is 16.9.